The van der Waals surface area contributed by atoms with Crippen molar-refractivity contribution in [3.63, 3.8) is 0 Å². The van der Waals surface area contributed by atoms with Crippen LogP contribution in [0, 0.1) is 5.92 Å². The molecule has 50 heavy (non-hydrogen) atoms. The van der Waals surface area contributed by atoms with Gasteiger partial charge in [-0.2, -0.15) is 5.10 Å². The molecular formula is C36H42N8O6. The molecule has 4 heterocycles. The number of pyridine rings is 1. The fraction of sp³-hybridized carbons (Fsp3) is 0.361. The molecule has 3 atom stereocenters. The summed E-state index contributed by atoms with van der Waals surface area (Å²) in [6.07, 6.45) is 1.62. The Morgan fingerprint density at radius 2 is 1.74 bits per heavy atom. The van der Waals surface area contributed by atoms with Gasteiger partial charge in [-0.1, -0.05) is 56.3 Å². The van der Waals surface area contributed by atoms with E-state index in [2.05, 4.69) is 31.3 Å². The molecule has 2 bridgehead atoms. The van der Waals surface area contributed by atoms with Crippen LogP contribution in [0.4, 0.5) is 0 Å². The van der Waals surface area contributed by atoms with Gasteiger partial charge in [-0.3, -0.25) is 24.0 Å². The minimum atomic E-state index is -1.09. The average molecular weight is 683 g/mol. The van der Waals surface area contributed by atoms with Gasteiger partial charge in [0.05, 0.1) is 12.6 Å². The van der Waals surface area contributed by atoms with E-state index in [1.807, 2.05) is 37.3 Å². The van der Waals surface area contributed by atoms with Crippen LogP contribution in [0.25, 0.3) is 11.4 Å². The third kappa shape index (κ3) is 8.81. The lowest BCUT2D eigenvalue weighted by Gasteiger charge is -2.27. The molecule has 2 aliphatic rings. The van der Waals surface area contributed by atoms with Gasteiger partial charge in [0.1, 0.15) is 36.8 Å². The largest absolute Gasteiger partial charge is 0.492 e. The summed E-state index contributed by atoms with van der Waals surface area (Å²) in [5, 5.41) is 15.9. The quantitative estimate of drug-likeness (QED) is 0.247. The number of carbonyl (C=O) groups is 4. The lowest BCUT2D eigenvalue weighted by atomic mass is 10.0. The lowest BCUT2D eigenvalue weighted by Crippen LogP contribution is -2.56. The maximum absolute atomic E-state index is 13.9. The molecule has 0 fully saturated rings. The van der Waals surface area contributed by atoms with Crippen molar-refractivity contribution in [1.29, 1.82) is 0 Å². The summed E-state index contributed by atoms with van der Waals surface area (Å²) in [6.45, 7) is 7.86. The van der Waals surface area contributed by atoms with E-state index in [0.29, 0.717) is 23.9 Å². The normalized spacial score (nSPS) is 19.1. The summed E-state index contributed by atoms with van der Waals surface area (Å²) in [6, 6.07) is 16.2. The number of nitrogens with zero attached hydrogens (tertiary/aromatic N) is 4. The molecule has 2 aromatic carbocycles. The van der Waals surface area contributed by atoms with Crippen LogP contribution in [-0.4, -0.2) is 68.2 Å². The van der Waals surface area contributed by atoms with Crippen molar-refractivity contribution >= 4 is 23.6 Å². The zero-order valence-corrected chi connectivity index (χ0v) is 28.5. The maximum atomic E-state index is 13.9. The van der Waals surface area contributed by atoms with Gasteiger partial charge in [0.15, 0.2) is 5.82 Å². The first-order chi connectivity index (χ1) is 24.0. The highest BCUT2D eigenvalue weighted by Crippen LogP contribution is 2.20. The zero-order valence-electron chi connectivity index (χ0n) is 28.5. The van der Waals surface area contributed by atoms with Gasteiger partial charge in [-0.05, 0) is 43.5 Å². The summed E-state index contributed by atoms with van der Waals surface area (Å²) in [5.74, 6) is -1.03. The molecule has 0 saturated carbocycles. The predicted octanol–water partition coefficient (Wildman–Crippen LogP) is 1.99. The van der Waals surface area contributed by atoms with Crippen molar-refractivity contribution < 1.29 is 23.9 Å². The molecule has 0 spiro atoms. The van der Waals surface area contributed by atoms with Gasteiger partial charge in [0.2, 0.25) is 17.7 Å². The predicted molar refractivity (Wildman–Crippen MR) is 185 cm³/mol. The van der Waals surface area contributed by atoms with E-state index in [4.69, 9.17) is 4.74 Å². The molecule has 14 heteroatoms. The second-order valence-electron chi connectivity index (χ2n) is 12.4. The third-order valence-corrected chi connectivity index (χ3v) is 8.30. The summed E-state index contributed by atoms with van der Waals surface area (Å²) < 4.78 is 8.72. The van der Waals surface area contributed by atoms with Gasteiger partial charge in [0.25, 0.3) is 11.5 Å². The maximum Gasteiger partial charge on any atom is 0.252 e. The van der Waals surface area contributed by atoms with Crippen LogP contribution < -0.4 is 31.6 Å². The number of benzene rings is 2. The number of hydrogen-bond acceptors (Lipinski definition) is 8. The lowest BCUT2D eigenvalue weighted by molar-refractivity contribution is -0.131. The zero-order chi connectivity index (χ0) is 35.8. The van der Waals surface area contributed by atoms with Crippen LogP contribution in [0.3, 0.4) is 0 Å². The van der Waals surface area contributed by atoms with E-state index in [1.54, 1.807) is 45.0 Å². The Balaban J connectivity index is 1.45. The number of fused-ring (bicyclic) bond motifs is 14. The Hall–Kier alpha value is -5.79. The first-order valence-electron chi connectivity index (χ1n) is 16.6. The SMILES string of the molecule is CCn1ccc(C(=O)N[C@H]2Cc3ccc(cc3)OCCNC(=O)Cn3nc(-c4ccccc4)nc3[C@H](C)NC(=O)[C@@H](C(C)C)NC2=O)cc1=O. The Labute approximate surface area is 289 Å². The number of hydrogen-bond donors (Lipinski definition) is 4. The van der Waals surface area contributed by atoms with Crippen LogP contribution in [-0.2, 0) is 33.9 Å². The fourth-order valence-corrected chi connectivity index (χ4v) is 5.53. The monoisotopic (exact) mass is 682 g/mol. The first kappa shape index (κ1) is 35.5. The molecule has 0 unspecified atom stereocenters. The smallest absolute Gasteiger partial charge is 0.252 e. The van der Waals surface area contributed by atoms with E-state index in [0.717, 1.165) is 11.1 Å². The Kier molecular flexibility index (Phi) is 11.4. The van der Waals surface area contributed by atoms with Crippen molar-refractivity contribution in [1.82, 2.24) is 40.6 Å². The number of aromatic nitrogens is 4. The van der Waals surface area contributed by atoms with Crippen LogP contribution >= 0.6 is 0 Å². The Morgan fingerprint density at radius 3 is 2.42 bits per heavy atom. The van der Waals surface area contributed by atoms with Gasteiger partial charge in [-0.25, -0.2) is 9.67 Å². The highest BCUT2D eigenvalue weighted by molar-refractivity contribution is 5.98. The second kappa shape index (κ2) is 16.1. The molecule has 14 nitrogen and oxygen atoms in total. The molecule has 262 valence electrons. The minimum absolute atomic E-state index is 0.0914. The molecule has 4 aromatic rings. The molecule has 2 aromatic heterocycles. The molecular weight excluding hydrogens is 640 g/mol. The third-order valence-electron chi connectivity index (χ3n) is 8.30. The Bertz CT molecular complexity index is 1890. The number of carbonyl (C=O) groups excluding carboxylic acids is 4. The van der Waals surface area contributed by atoms with E-state index in [9.17, 15) is 24.0 Å². The standard InChI is InChI=1S/C36H42N8O6/c1-5-43-17-15-26(20-30(43)46)34(47)39-28-19-24-11-13-27(14-12-24)50-18-16-37-29(45)21-44-33(41-32(42-44)25-9-7-6-8-10-25)23(4)38-36(49)31(22(2)3)40-35(28)48/h6-15,17,20,22-23,28,31H,5,16,18-19,21H2,1-4H3,(H,37,45)(H,38,49)(H,39,47)(H,40,48)/t23-,28-,31+/m0/s1. The first-order valence-corrected chi connectivity index (χ1v) is 16.6. The fourth-order valence-electron chi connectivity index (χ4n) is 5.53. The summed E-state index contributed by atoms with van der Waals surface area (Å²) in [5.41, 5.74) is 1.23. The highest BCUT2D eigenvalue weighted by atomic mass is 16.5. The van der Waals surface area contributed by atoms with Gasteiger partial charge >= 0.3 is 0 Å². The number of ether oxygens (including phenoxy) is 1. The Morgan fingerprint density at radius 1 is 1.00 bits per heavy atom. The van der Waals surface area contributed by atoms with Gasteiger partial charge < -0.3 is 30.6 Å². The van der Waals surface area contributed by atoms with Gasteiger partial charge in [0, 0.05) is 36.4 Å². The molecule has 6 rings (SSSR count). The van der Waals surface area contributed by atoms with Crippen LogP contribution in [0.1, 0.15) is 55.5 Å². The van der Waals surface area contributed by atoms with Crippen molar-refractivity contribution in [2.75, 3.05) is 13.2 Å². The summed E-state index contributed by atoms with van der Waals surface area (Å²) in [7, 11) is 0. The molecule has 2 aliphatic heterocycles. The van der Waals surface area contributed by atoms with E-state index < -0.39 is 35.8 Å². The van der Waals surface area contributed by atoms with Crippen LogP contribution in [0.2, 0.25) is 0 Å². The number of rotatable bonds is 5. The molecule has 0 saturated heterocycles. The van der Waals surface area contributed by atoms with Crippen LogP contribution in [0.15, 0.2) is 77.7 Å². The van der Waals surface area contributed by atoms with Crippen LogP contribution in [0.5, 0.6) is 5.75 Å². The number of nitrogens with one attached hydrogen (secondary N) is 4. The highest BCUT2D eigenvalue weighted by Gasteiger charge is 2.31. The van der Waals surface area contributed by atoms with E-state index in [1.165, 1.54) is 27.6 Å². The number of aryl methyl sites for hydroxylation is 1. The summed E-state index contributed by atoms with van der Waals surface area (Å²) in [4.78, 5) is 71.1. The molecule has 4 N–H and O–H groups in total. The second-order valence-corrected chi connectivity index (χ2v) is 12.4. The van der Waals surface area contributed by atoms with E-state index in [-0.39, 0.29) is 49.1 Å². The topological polar surface area (TPSA) is 178 Å². The van der Waals surface area contributed by atoms with E-state index >= 15 is 0 Å². The molecule has 4 amide bonds. The minimum Gasteiger partial charge on any atom is -0.492 e. The van der Waals surface area contributed by atoms with Crippen molar-refractivity contribution in [2.45, 2.75) is 65.3 Å². The van der Waals surface area contributed by atoms with Crippen molar-refractivity contribution in [3.05, 3.63) is 100 Å². The molecule has 0 radical (unpaired) electrons. The summed E-state index contributed by atoms with van der Waals surface area (Å²) >= 11 is 0. The van der Waals surface area contributed by atoms with Gasteiger partial charge in [-0.15, -0.1) is 0 Å². The van der Waals surface area contributed by atoms with Crippen molar-refractivity contribution in [2.24, 2.45) is 5.92 Å². The van der Waals surface area contributed by atoms with Crippen molar-refractivity contribution in [3.8, 4) is 17.1 Å². The number of amides is 4. The average Bonchev–Trinajstić information content (AvgIpc) is 3.52. The molecule has 0 aliphatic carbocycles.